The van der Waals surface area contributed by atoms with Gasteiger partial charge in [-0.15, -0.1) is 0 Å². The summed E-state index contributed by atoms with van der Waals surface area (Å²) in [4.78, 5) is 14.1. The molecular weight excluding hydrogens is 247 g/mol. The fraction of sp³-hybridized carbons (Fsp3) is 0.700. The maximum absolute atomic E-state index is 5.77. The maximum Gasteiger partial charge on any atom is 0.230 e. The number of halogens is 2. The first-order valence-electron chi connectivity index (χ1n) is 5.58. The Morgan fingerprint density at radius 2 is 1.25 bits per heavy atom. The first-order chi connectivity index (χ1) is 7.75. The minimum Gasteiger partial charge on any atom is -0.341 e. The largest absolute Gasteiger partial charge is 0.341 e. The molecule has 0 amide bonds. The van der Waals surface area contributed by atoms with Crippen LogP contribution in [0, 0.1) is 0 Å². The van der Waals surface area contributed by atoms with Gasteiger partial charge < -0.3 is 4.90 Å². The van der Waals surface area contributed by atoms with Crippen LogP contribution in [-0.4, -0.2) is 28.0 Å². The van der Waals surface area contributed by atoms with Crippen molar-refractivity contribution >= 4 is 29.2 Å². The molecule has 1 aliphatic rings. The zero-order chi connectivity index (χ0) is 11.4. The Hall–Kier alpha value is -0.610. The van der Waals surface area contributed by atoms with E-state index < -0.39 is 0 Å². The van der Waals surface area contributed by atoms with E-state index in [0.29, 0.717) is 5.95 Å². The maximum atomic E-state index is 5.77. The molecule has 6 heteroatoms. The lowest BCUT2D eigenvalue weighted by molar-refractivity contribution is 0.550. The first-order valence-corrected chi connectivity index (χ1v) is 6.33. The second-order valence-corrected chi connectivity index (χ2v) is 4.60. The van der Waals surface area contributed by atoms with Crippen LogP contribution in [0.1, 0.15) is 32.1 Å². The molecule has 2 heterocycles. The Morgan fingerprint density at radius 3 is 1.81 bits per heavy atom. The van der Waals surface area contributed by atoms with Crippen molar-refractivity contribution in [2.45, 2.75) is 32.1 Å². The van der Waals surface area contributed by atoms with Gasteiger partial charge in [0.15, 0.2) is 0 Å². The standard InChI is InChI=1S/C10H14Cl2N4/c11-8-13-9(12)15-10(14-8)16-6-4-2-1-3-5-7-16/h1-7H2. The van der Waals surface area contributed by atoms with E-state index in [9.17, 15) is 0 Å². The fourth-order valence-electron chi connectivity index (χ4n) is 1.91. The Kier molecular flexibility index (Phi) is 4.18. The Labute approximate surface area is 105 Å². The lowest BCUT2D eigenvalue weighted by atomic mass is 10.1. The number of hydrogen-bond donors (Lipinski definition) is 0. The van der Waals surface area contributed by atoms with Crippen LogP contribution in [0.4, 0.5) is 5.95 Å². The van der Waals surface area contributed by atoms with Gasteiger partial charge in [0.25, 0.3) is 0 Å². The van der Waals surface area contributed by atoms with Crippen LogP contribution in [0.25, 0.3) is 0 Å². The number of hydrogen-bond acceptors (Lipinski definition) is 4. The number of anilines is 1. The van der Waals surface area contributed by atoms with Crippen LogP contribution in [0.3, 0.4) is 0 Å². The third-order valence-electron chi connectivity index (χ3n) is 2.71. The normalized spacial score (nSPS) is 18.0. The van der Waals surface area contributed by atoms with E-state index in [1.165, 1.54) is 32.1 Å². The summed E-state index contributed by atoms with van der Waals surface area (Å²) in [5.41, 5.74) is 0. The second kappa shape index (κ2) is 5.64. The third kappa shape index (κ3) is 3.19. The molecule has 1 fully saturated rings. The van der Waals surface area contributed by atoms with E-state index in [0.717, 1.165) is 13.1 Å². The Morgan fingerprint density at radius 1 is 0.750 bits per heavy atom. The van der Waals surface area contributed by atoms with Crippen LogP contribution in [0.5, 0.6) is 0 Å². The Bertz CT molecular complexity index is 330. The molecule has 0 atom stereocenters. The molecule has 0 radical (unpaired) electrons. The first kappa shape index (κ1) is 11.9. The highest BCUT2D eigenvalue weighted by molar-refractivity contribution is 6.31. The highest BCUT2D eigenvalue weighted by Crippen LogP contribution is 2.18. The summed E-state index contributed by atoms with van der Waals surface area (Å²) in [7, 11) is 0. The van der Waals surface area contributed by atoms with Crippen molar-refractivity contribution in [3.63, 3.8) is 0 Å². The molecule has 0 saturated carbocycles. The minimum absolute atomic E-state index is 0.164. The summed E-state index contributed by atoms with van der Waals surface area (Å²) < 4.78 is 0. The highest BCUT2D eigenvalue weighted by Gasteiger charge is 2.13. The van der Waals surface area contributed by atoms with Gasteiger partial charge in [0, 0.05) is 13.1 Å². The second-order valence-electron chi connectivity index (χ2n) is 3.93. The van der Waals surface area contributed by atoms with Crippen molar-refractivity contribution in [3.8, 4) is 0 Å². The van der Waals surface area contributed by atoms with Crippen molar-refractivity contribution in [2.24, 2.45) is 0 Å². The van der Waals surface area contributed by atoms with E-state index in [1.807, 2.05) is 0 Å². The predicted octanol–water partition coefficient (Wildman–Crippen LogP) is 2.95. The molecule has 1 saturated heterocycles. The zero-order valence-electron chi connectivity index (χ0n) is 8.99. The van der Waals surface area contributed by atoms with Crippen molar-refractivity contribution < 1.29 is 0 Å². The fourth-order valence-corrected chi connectivity index (χ4v) is 2.26. The van der Waals surface area contributed by atoms with Crippen LogP contribution in [-0.2, 0) is 0 Å². The van der Waals surface area contributed by atoms with Crippen molar-refractivity contribution in [3.05, 3.63) is 10.6 Å². The molecule has 0 aromatic carbocycles. The molecule has 0 N–H and O–H groups in total. The molecule has 0 bridgehead atoms. The smallest absolute Gasteiger partial charge is 0.230 e. The molecule has 2 rings (SSSR count). The van der Waals surface area contributed by atoms with E-state index >= 15 is 0 Å². The average molecular weight is 261 g/mol. The molecule has 1 aliphatic heterocycles. The van der Waals surface area contributed by atoms with Gasteiger partial charge in [0.1, 0.15) is 0 Å². The number of aromatic nitrogens is 3. The molecule has 0 unspecified atom stereocenters. The van der Waals surface area contributed by atoms with Crippen molar-refractivity contribution in [2.75, 3.05) is 18.0 Å². The van der Waals surface area contributed by atoms with E-state index in [1.54, 1.807) is 0 Å². The van der Waals surface area contributed by atoms with Gasteiger partial charge in [-0.3, -0.25) is 0 Å². The van der Waals surface area contributed by atoms with Crippen LogP contribution in [0.2, 0.25) is 10.6 Å². The lowest BCUT2D eigenvalue weighted by Crippen LogP contribution is -2.29. The molecule has 4 nitrogen and oxygen atoms in total. The molecular formula is C10H14Cl2N4. The molecule has 88 valence electrons. The average Bonchev–Trinajstić information content (AvgIpc) is 2.14. The van der Waals surface area contributed by atoms with Crippen LogP contribution >= 0.6 is 23.2 Å². The summed E-state index contributed by atoms with van der Waals surface area (Å²) in [6, 6.07) is 0. The molecule has 1 aromatic rings. The summed E-state index contributed by atoms with van der Waals surface area (Å²) in [5.74, 6) is 0.604. The summed E-state index contributed by atoms with van der Waals surface area (Å²) >= 11 is 11.5. The third-order valence-corrected chi connectivity index (χ3v) is 3.05. The molecule has 1 aromatic heterocycles. The lowest BCUT2D eigenvalue weighted by Gasteiger charge is -2.24. The number of rotatable bonds is 1. The van der Waals surface area contributed by atoms with Gasteiger partial charge in [0.05, 0.1) is 0 Å². The van der Waals surface area contributed by atoms with Gasteiger partial charge in [-0.2, -0.15) is 15.0 Å². The minimum atomic E-state index is 0.164. The van der Waals surface area contributed by atoms with Crippen molar-refractivity contribution in [1.82, 2.24) is 15.0 Å². The van der Waals surface area contributed by atoms with Crippen LogP contribution < -0.4 is 4.90 Å². The molecule has 0 spiro atoms. The molecule has 16 heavy (non-hydrogen) atoms. The van der Waals surface area contributed by atoms with Crippen molar-refractivity contribution in [1.29, 1.82) is 0 Å². The highest BCUT2D eigenvalue weighted by atomic mass is 35.5. The quantitative estimate of drug-likeness (QED) is 0.779. The topological polar surface area (TPSA) is 41.9 Å². The van der Waals surface area contributed by atoms with E-state index in [2.05, 4.69) is 19.9 Å². The van der Waals surface area contributed by atoms with Gasteiger partial charge >= 0.3 is 0 Å². The summed E-state index contributed by atoms with van der Waals surface area (Å²) in [5, 5.41) is 0.328. The van der Waals surface area contributed by atoms with E-state index in [-0.39, 0.29) is 10.6 Å². The van der Waals surface area contributed by atoms with Gasteiger partial charge in [-0.05, 0) is 36.0 Å². The summed E-state index contributed by atoms with van der Waals surface area (Å²) in [6.45, 7) is 1.94. The van der Waals surface area contributed by atoms with E-state index in [4.69, 9.17) is 23.2 Å². The SMILES string of the molecule is Clc1nc(Cl)nc(N2CCCCCCC2)n1. The predicted molar refractivity (Wildman–Crippen MR) is 65.1 cm³/mol. The summed E-state index contributed by atoms with van der Waals surface area (Å²) in [6.07, 6.45) is 6.19. The molecule has 0 aliphatic carbocycles. The Balaban J connectivity index is 2.13. The number of nitrogens with zero attached hydrogens (tertiary/aromatic N) is 4. The van der Waals surface area contributed by atoms with Crippen LogP contribution in [0.15, 0.2) is 0 Å². The zero-order valence-corrected chi connectivity index (χ0v) is 10.5. The van der Waals surface area contributed by atoms with Gasteiger partial charge in [-0.25, -0.2) is 0 Å². The van der Waals surface area contributed by atoms with Gasteiger partial charge in [0.2, 0.25) is 16.5 Å². The van der Waals surface area contributed by atoms with Gasteiger partial charge in [-0.1, -0.05) is 19.3 Å². The monoisotopic (exact) mass is 260 g/mol.